The standard InChI is InChI=1S/C26H39N5O6/c1-15(2)14-36-22-19(13-28-31(22)7-6-25(3,4)23(33)30-35-5)21(32)29-20-17-8-16-9-18(20)12-26(10-16,11-17)37-24(27)34/h6-7,13,15-18,20H,8-12,14H2,1-5H3,(H2,27,34)(H,29,32)(H,30,33). The van der Waals surface area contributed by atoms with Crippen LogP contribution in [0.3, 0.4) is 0 Å². The number of carbonyl (C=O) groups excluding carboxylic acids is 3. The topological polar surface area (TPSA) is 147 Å². The Labute approximate surface area is 217 Å². The molecule has 1 heterocycles. The summed E-state index contributed by atoms with van der Waals surface area (Å²) in [6.07, 6.45) is 8.35. The van der Waals surface area contributed by atoms with Crippen LogP contribution in [0, 0.1) is 29.1 Å². The van der Waals surface area contributed by atoms with Crippen LogP contribution in [0.15, 0.2) is 12.3 Å². The predicted octanol–water partition coefficient (Wildman–Crippen LogP) is 2.86. The van der Waals surface area contributed by atoms with Crippen molar-refractivity contribution in [2.75, 3.05) is 13.7 Å². The Hall–Kier alpha value is -3.08. The van der Waals surface area contributed by atoms with Gasteiger partial charge in [0.2, 0.25) is 5.88 Å². The molecule has 0 saturated heterocycles. The second-order valence-electron chi connectivity index (χ2n) is 11.8. The second kappa shape index (κ2) is 10.4. The molecule has 4 bridgehead atoms. The van der Waals surface area contributed by atoms with Crippen molar-refractivity contribution in [2.24, 2.45) is 34.8 Å². The van der Waals surface area contributed by atoms with Crippen LogP contribution >= 0.6 is 0 Å². The van der Waals surface area contributed by atoms with E-state index >= 15 is 0 Å². The molecule has 0 aromatic carbocycles. The Bertz CT molecular complexity index is 1050. The summed E-state index contributed by atoms with van der Waals surface area (Å²) in [6, 6.07) is -0.0119. The molecule has 4 N–H and O–H groups in total. The molecule has 11 nitrogen and oxygen atoms in total. The number of hydrogen-bond acceptors (Lipinski definition) is 7. The number of hydroxylamine groups is 1. The van der Waals surface area contributed by atoms with Crippen LogP contribution in [0.4, 0.5) is 4.79 Å². The van der Waals surface area contributed by atoms with Gasteiger partial charge in [0.15, 0.2) is 0 Å². The first-order chi connectivity index (χ1) is 17.4. The van der Waals surface area contributed by atoms with Crippen molar-refractivity contribution in [1.82, 2.24) is 20.6 Å². The Balaban J connectivity index is 1.52. The number of nitrogens with two attached hydrogens (primary N) is 1. The third-order valence-electron chi connectivity index (χ3n) is 7.79. The maximum absolute atomic E-state index is 13.5. The highest BCUT2D eigenvalue weighted by atomic mass is 16.6. The Kier molecular flexibility index (Phi) is 7.55. The molecule has 4 aliphatic carbocycles. The molecule has 4 aliphatic rings. The zero-order chi connectivity index (χ0) is 27.0. The van der Waals surface area contributed by atoms with E-state index in [1.54, 1.807) is 26.1 Å². The van der Waals surface area contributed by atoms with Crippen LogP contribution in [0.2, 0.25) is 0 Å². The van der Waals surface area contributed by atoms with Gasteiger partial charge in [-0.3, -0.25) is 14.4 Å². The molecule has 0 aliphatic heterocycles. The number of ether oxygens (including phenoxy) is 2. The third kappa shape index (κ3) is 5.76. The number of aromatic nitrogens is 2. The number of hydrogen-bond donors (Lipinski definition) is 3. The van der Waals surface area contributed by atoms with Crippen molar-refractivity contribution in [3.05, 3.63) is 17.8 Å². The number of nitrogens with zero attached hydrogens (tertiary/aromatic N) is 2. The van der Waals surface area contributed by atoms with E-state index in [-0.39, 0.29) is 35.6 Å². The molecule has 4 saturated carbocycles. The van der Waals surface area contributed by atoms with Crippen LogP contribution in [-0.2, 0) is 14.4 Å². The highest BCUT2D eigenvalue weighted by Gasteiger charge is 2.57. The Morgan fingerprint density at radius 2 is 1.92 bits per heavy atom. The van der Waals surface area contributed by atoms with Crippen LogP contribution in [0.1, 0.15) is 70.2 Å². The lowest BCUT2D eigenvalue weighted by atomic mass is 9.52. The van der Waals surface area contributed by atoms with Gasteiger partial charge >= 0.3 is 6.09 Å². The van der Waals surface area contributed by atoms with Crippen LogP contribution < -0.4 is 21.3 Å². The fourth-order valence-corrected chi connectivity index (χ4v) is 6.31. The molecule has 3 amide bonds. The van der Waals surface area contributed by atoms with E-state index < -0.39 is 17.1 Å². The summed E-state index contributed by atoms with van der Waals surface area (Å²) in [7, 11) is 1.38. The van der Waals surface area contributed by atoms with Gasteiger partial charge in [-0.05, 0) is 69.6 Å². The van der Waals surface area contributed by atoms with Crippen molar-refractivity contribution < 1.29 is 28.7 Å². The van der Waals surface area contributed by atoms with E-state index in [4.69, 9.17) is 20.0 Å². The minimum atomic E-state index is -0.886. The summed E-state index contributed by atoms with van der Waals surface area (Å²) in [6.45, 7) is 7.92. The molecule has 1 aromatic heterocycles. The zero-order valence-electron chi connectivity index (χ0n) is 22.3. The number of rotatable bonds is 10. The van der Waals surface area contributed by atoms with Crippen molar-refractivity contribution in [3.8, 4) is 5.88 Å². The smallest absolute Gasteiger partial charge is 0.405 e. The van der Waals surface area contributed by atoms with E-state index in [0.29, 0.717) is 36.8 Å². The Morgan fingerprint density at radius 1 is 1.24 bits per heavy atom. The second-order valence-corrected chi connectivity index (χ2v) is 11.8. The van der Waals surface area contributed by atoms with Crippen LogP contribution in [0.5, 0.6) is 5.88 Å². The monoisotopic (exact) mass is 517 g/mol. The SMILES string of the molecule is CONC(=O)C(C)(C)C=Cn1ncc(C(=O)NC2C3CC4CC2CC(OC(N)=O)(C4)C3)c1OCC(C)C. The lowest BCUT2D eigenvalue weighted by molar-refractivity contribution is -0.138. The van der Waals surface area contributed by atoms with Crippen LogP contribution in [-0.4, -0.2) is 53.0 Å². The van der Waals surface area contributed by atoms with Gasteiger partial charge in [-0.15, -0.1) is 0 Å². The number of nitrogens with one attached hydrogen (secondary N) is 2. The van der Waals surface area contributed by atoms with Gasteiger partial charge in [0.25, 0.3) is 11.8 Å². The van der Waals surface area contributed by atoms with Gasteiger partial charge in [0.05, 0.1) is 25.3 Å². The molecule has 1 aromatic rings. The Morgan fingerprint density at radius 3 is 2.51 bits per heavy atom. The molecular formula is C26H39N5O6. The summed E-state index contributed by atoms with van der Waals surface area (Å²) in [5.74, 6) is 0.926. The van der Waals surface area contributed by atoms with E-state index in [1.165, 1.54) is 18.0 Å². The summed E-state index contributed by atoms with van der Waals surface area (Å²) in [5.41, 5.74) is 6.66. The van der Waals surface area contributed by atoms with E-state index in [9.17, 15) is 14.4 Å². The van der Waals surface area contributed by atoms with Crippen molar-refractivity contribution in [2.45, 2.75) is 71.4 Å². The summed E-state index contributed by atoms with van der Waals surface area (Å²) >= 11 is 0. The van der Waals surface area contributed by atoms with Crippen molar-refractivity contribution in [1.29, 1.82) is 0 Å². The summed E-state index contributed by atoms with van der Waals surface area (Å²) in [5, 5.41) is 7.61. The fraction of sp³-hybridized carbons (Fsp3) is 0.692. The van der Waals surface area contributed by atoms with E-state index in [1.807, 2.05) is 13.8 Å². The molecule has 204 valence electrons. The normalized spacial score (nSPS) is 28.5. The minimum absolute atomic E-state index is 0.0119. The first kappa shape index (κ1) is 27.0. The molecule has 0 spiro atoms. The van der Waals surface area contributed by atoms with Crippen molar-refractivity contribution in [3.63, 3.8) is 0 Å². The predicted molar refractivity (Wildman–Crippen MR) is 135 cm³/mol. The molecule has 2 atom stereocenters. The van der Waals surface area contributed by atoms with Gasteiger partial charge in [-0.2, -0.15) is 5.10 Å². The molecule has 37 heavy (non-hydrogen) atoms. The lowest BCUT2D eigenvalue weighted by Crippen LogP contribution is -2.63. The highest BCUT2D eigenvalue weighted by Crippen LogP contribution is 2.57. The molecule has 5 rings (SSSR count). The van der Waals surface area contributed by atoms with Gasteiger partial charge in [-0.25, -0.2) is 15.0 Å². The minimum Gasteiger partial charge on any atom is -0.477 e. The van der Waals surface area contributed by atoms with E-state index in [0.717, 1.165) is 19.3 Å². The first-order valence-corrected chi connectivity index (χ1v) is 13.0. The lowest BCUT2D eigenvalue weighted by Gasteiger charge is -2.58. The average molecular weight is 518 g/mol. The van der Waals surface area contributed by atoms with Gasteiger partial charge in [0.1, 0.15) is 11.2 Å². The molecule has 0 radical (unpaired) electrons. The van der Waals surface area contributed by atoms with Gasteiger partial charge in [-0.1, -0.05) is 19.9 Å². The molecule has 4 fully saturated rings. The zero-order valence-corrected chi connectivity index (χ0v) is 22.3. The molecule has 2 unspecified atom stereocenters. The number of carbonyl (C=O) groups is 3. The third-order valence-corrected chi connectivity index (χ3v) is 7.79. The van der Waals surface area contributed by atoms with E-state index in [2.05, 4.69) is 15.9 Å². The number of primary amides is 1. The van der Waals surface area contributed by atoms with Gasteiger partial charge in [0, 0.05) is 12.2 Å². The maximum Gasteiger partial charge on any atom is 0.405 e. The largest absolute Gasteiger partial charge is 0.477 e. The van der Waals surface area contributed by atoms with Gasteiger partial charge < -0.3 is 20.5 Å². The fourth-order valence-electron chi connectivity index (χ4n) is 6.31. The average Bonchev–Trinajstić information content (AvgIpc) is 3.20. The van der Waals surface area contributed by atoms with Crippen molar-refractivity contribution >= 4 is 24.1 Å². The van der Waals surface area contributed by atoms with Crippen LogP contribution in [0.25, 0.3) is 6.20 Å². The maximum atomic E-state index is 13.5. The first-order valence-electron chi connectivity index (χ1n) is 13.0. The molecule has 11 heteroatoms. The summed E-state index contributed by atoms with van der Waals surface area (Å²) in [4.78, 5) is 42.1. The number of amides is 3. The summed E-state index contributed by atoms with van der Waals surface area (Å²) < 4.78 is 13.1. The quantitative estimate of drug-likeness (QED) is 0.404. The molecular weight excluding hydrogens is 478 g/mol. The highest BCUT2D eigenvalue weighted by molar-refractivity contribution is 5.96.